The standard InChI is InChI=1S/C15H20N4O2.ClH/c1-20-13-4-3-11(7-14(13)21-2)5-6-17-8-12-9-18-15(16)19-10-12;/h3-4,7,9-10,17H,5-6,8H2,1-2H3,(H2,16,18,19);1H. The van der Waals surface area contributed by atoms with Crippen molar-refractivity contribution >= 4 is 18.4 Å². The molecule has 3 N–H and O–H groups in total. The van der Waals surface area contributed by atoms with Crippen LogP contribution in [0.4, 0.5) is 5.95 Å². The van der Waals surface area contributed by atoms with E-state index in [9.17, 15) is 0 Å². The number of halogens is 1. The molecule has 6 nitrogen and oxygen atoms in total. The highest BCUT2D eigenvalue weighted by molar-refractivity contribution is 5.85. The largest absolute Gasteiger partial charge is 0.493 e. The summed E-state index contributed by atoms with van der Waals surface area (Å²) in [6.45, 7) is 1.56. The molecule has 1 aromatic carbocycles. The summed E-state index contributed by atoms with van der Waals surface area (Å²) in [5.41, 5.74) is 7.64. The van der Waals surface area contributed by atoms with Crippen molar-refractivity contribution in [1.82, 2.24) is 15.3 Å². The number of hydrogen-bond acceptors (Lipinski definition) is 6. The lowest BCUT2D eigenvalue weighted by Gasteiger charge is -2.10. The Kier molecular flexibility index (Phi) is 7.42. The summed E-state index contributed by atoms with van der Waals surface area (Å²) < 4.78 is 10.5. The molecule has 0 aliphatic heterocycles. The number of nitrogens with zero attached hydrogens (tertiary/aromatic N) is 2. The fourth-order valence-electron chi connectivity index (χ4n) is 1.96. The Balaban J connectivity index is 0.00000242. The van der Waals surface area contributed by atoms with Gasteiger partial charge in [0.15, 0.2) is 11.5 Å². The van der Waals surface area contributed by atoms with Crippen LogP contribution < -0.4 is 20.5 Å². The number of methoxy groups -OCH3 is 2. The molecule has 2 rings (SSSR count). The third-order valence-corrected chi connectivity index (χ3v) is 3.09. The molecule has 0 amide bonds. The van der Waals surface area contributed by atoms with Crippen LogP contribution in [0.25, 0.3) is 0 Å². The maximum Gasteiger partial charge on any atom is 0.219 e. The van der Waals surface area contributed by atoms with Gasteiger partial charge in [-0.05, 0) is 30.7 Å². The lowest BCUT2D eigenvalue weighted by molar-refractivity contribution is 0.354. The average Bonchev–Trinajstić information content (AvgIpc) is 2.53. The number of benzene rings is 1. The van der Waals surface area contributed by atoms with E-state index in [0.29, 0.717) is 12.5 Å². The van der Waals surface area contributed by atoms with E-state index in [-0.39, 0.29) is 12.4 Å². The summed E-state index contributed by atoms with van der Waals surface area (Å²) in [5.74, 6) is 1.79. The van der Waals surface area contributed by atoms with E-state index in [1.807, 2.05) is 18.2 Å². The smallest absolute Gasteiger partial charge is 0.219 e. The van der Waals surface area contributed by atoms with Crippen molar-refractivity contribution in [2.75, 3.05) is 26.5 Å². The molecule has 2 aromatic rings. The first-order valence-corrected chi connectivity index (χ1v) is 6.71. The Hall–Kier alpha value is -2.05. The first kappa shape index (κ1) is 18.0. The fraction of sp³-hybridized carbons (Fsp3) is 0.333. The molecule has 0 aliphatic carbocycles. The molecular weight excluding hydrogens is 304 g/mol. The molecule has 0 atom stereocenters. The predicted octanol–water partition coefficient (Wildman–Crippen LogP) is 1.83. The number of ether oxygens (including phenoxy) is 2. The SMILES string of the molecule is COc1ccc(CCNCc2cnc(N)nc2)cc1OC.Cl. The molecule has 0 spiro atoms. The highest BCUT2D eigenvalue weighted by Crippen LogP contribution is 2.27. The van der Waals surface area contributed by atoms with E-state index in [4.69, 9.17) is 15.2 Å². The lowest BCUT2D eigenvalue weighted by Crippen LogP contribution is -2.17. The number of anilines is 1. The molecule has 7 heteroatoms. The van der Waals surface area contributed by atoms with Crippen LogP contribution in [0.1, 0.15) is 11.1 Å². The molecule has 1 heterocycles. The van der Waals surface area contributed by atoms with E-state index in [1.165, 1.54) is 5.56 Å². The van der Waals surface area contributed by atoms with Gasteiger partial charge in [0, 0.05) is 24.5 Å². The maximum absolute atomic E-state index is 5.44. The van der Waals surface area contributed by atoms with Gasteiger partial charge in [-0.15, -0.1) is 12.4 Å². The molecule has 22 heavy (non-hydrogen) atoms. The van der Waals surface area contributed by atoms with Crippen LogP contribution in [0.3, 0.4) is 0 Å². The Bertz CT molecular complexity index is 578. The summed E-state index contributed by atoms with van der Waals surface area (Å²) in [5, 5.41) is 3.34. The van der Waals surface area contributed by atoms with Crippen molar-refractivity contribution in [2.24, 2.45) is 0 Å². The van der Waals surface area contributed by atoms with Crippen molar-refractivity contribution in [1.29, 1.82) is 0 Å². The number of nitrogens with two attached hydrogens (primary N) is 1. The molecule has 120 valence electrons. The number of aromatic nitrogens is 2. The second-order valence-electron chi connectivity index (χ2n) is 4.57. The van der Waals surface area contributed by atoms with E-state index in [2.05, 4.69) is 15.3 Å². The number of hydrogen-bond donors (Lipinski definition) is 2. The topological polar surface area (TPSA) is 82.3 Å². The first-order valence-electron chi connectivity index (χ1n) is 6.71. The lowest BCUT2D eigenvalue weighted by atomic mass is 10.1. The van der Waals surface area contributed by atoms with Crippen LogP contribution in [-0.4, -0.2) is 30.7 Å². The number of nitrogen functional groups attached to an aromatic ring is 1. The molecular formula is C15H21ClN4O2. The van der Waals surface area contributed by atoms with Crippen molar-refractivity contribution < 1.29 is 9.47 Å². The van der Waals surface area contributed by atoms with E-state index < -0.39 is 0 Å². The second-order valence-corrected chi connectivity index (χ2v) is 4.57. The van der Waals surface area contributed by atoms with E-state index in [1.54, 1.807) is 26.6 Å². The Morgan fingerprint density at radius 1 is 1.05 bits per heavy atom. The van der Waals surface area contributed by atoms with Gasteiger partial charge in [0.2, 0.25) is 5.95 Å². The molecule has 0 unspecified atom stereocenters. The van der Waals surface area contributed by atoms with Crippen molar-refractivity contribution in [3.8, 4) is 11.5 Å². The van der Waals surface area contributed by atoms with Gasteiger partial charge < -0.3 is 20.5 Å². The van der Waals surface area contributed by atoms with Crippen LogP contribution in [0, 0.1) is 0 Å². The summed E-state index contributed by atoms with van der Waals surface area (Å²) in [7, 11) is 3.27. The number of rotatable bonds is 7. The van der Waals surface area contributed by atoms with Gasteiger partial charge in [-0.3, -0.25) is 0 Å². The van der Waals surface area contributed by atoms with Crippen LogP contribution in [0.15, 0.2) is 30.6 Å². The first-order chi connectivity index (χ1) is 10.2. The van der Waals surface area contributed by atoms with Crippen LogP contribution >= 0.6 is 12.4 Å². The average molecular weight is 325 g/mol. The minimum absolute atomic E-state index is 0. The van der Waals surface area contributed by atoms with Gasteiger partial charge in [0.05, 0.1) is 14.2 Å². The highest BCUT2D eigenvalue weighted by Gasteiger charge is 2.04. The fourth-order valence-corrected chi connectivity index (χ4v) is 1.96. The third kappa shape index (κ3) is 5.05. The van der Waals surface area contributed by atoms with Crippen LogP contribution in [0.5, 0.6) is 11.5 Å². The third-order valence-electron chi connectivity index (χ3n) is 3.09. The number of nitrogens with one attached hydrogen (secondary N) is 1. The second kappa shape index (κ2) is 9.07. The minimum Gasteiger partial charge on any atom is -0.493 e. The molecule has 0 saturated carbocycles. The summed E-state index contributed by atoms with van der Waals surface area (Å²) in [4.78, 5) is 7.91. The van der Waals surface area contributed by atoms with Crippen molar-refractivity contribution in [3.05, 3.63) is 41.7 Å². The van der Waals surface area contributed by atoms with Crippen molar-refractivity contribution in [2.45, 2.75) is 13.0 Å². The van der Waals surface area contributed by atoms with Crippen LogP contribution in [-0.2, 0) is 13.0 Å². The van der Waals surface area contributed by atoms with Gasteiger partial charge in [0.25, 0.3) is 0 Å². The van der Waals surface area contributed by atoms with E-state index >= 15 is 0 Å². The summed E-state index contributed by atoms with van der Waals surface area (Å²) in [6, 6.07) is 5.95. The molecule has 1 aromatic heterocycles. The van der Waals surface area contributed by atoms with Gasteiger partial charge in [0.1, 0.15) is 0 Å². The summed E-state index contributed by atoms with van der Waals surface area (Å²) >= 11 is 0. The van der Waals surface area contributed by atoms with Crippen LogP contribution in [0.2, 0.25) is 0 Å². The van der Waals surface area contributed by atoms with Crippen molar-refractivity contribution in [3.63, 3.8) is 0 Å². The highest BCUT2D eigenvalue weighted by atomic mass is 35.5. The molecule has 0 bridgehead atoms. The van der Waals surface area contributed by atoms with Gasteiger partial charge >= 0.3 is 0 Å². The molecule has 0 radical (unpaired) electrons. The van der Waals surface area contributed by atoms with Gasteiger partial charge in [-0.25, -0.2) is 9.97 Å². The zero-order valence-electron chi connectivity index (χ0n) is 12.7. The quantitative estimate of drug-likeness (QED) is 0.756. The summed E-state index contributed by atoms with van der Waals surface area (Å²) in [6.07, 6.45) is 4.35. The molecule has 0 saturated heterocycles. The van der Waals surface area contributed by atoms with E-state index in [0.717, 1.165) is 30.0 Å². The monoisotopic (exact) mass is 324 g/mol. The minimum atomic E-state index is 0. The Labute approximate surface area is 136 Å². The van der Waals surface area contributed by atoms with Gasteiger partial charge in [-0.1, -0.05) is 6.07 Å². The Morgan fingerprint density at radius 3 is 2.36 bits per heavy atom. The molecule has 0 fully saturated rings. The zero-order chi connectivity index (χ0) is 15.1. The zero-order valence-corrected chi connectivity index (χ0v) is 13.5. The van der Waals surface area contributed by atoms with Gasteiger partial charge in [-0.2, -0.15) is 0 Å². The normalized spacial score (nSPS) is 9.91. The molecule has 0 aliphatic rings. The Morgan fingerprint density at radius 2 is 1.73 bits per heavy atom. The predicted molar refractivity (Wildman–Crippen MR) is 88.6 cm³/mol. The maximum atomic E-state index is 5.44.